The van der Waals surface area contributed by atoms with Crippen molar-refractivity contribution in [2.45, 2.75) is 50.2 Å². The third kappa shape index (κ3) is 2.90. The smallest absolute Gasteiger partial charge is 0.137 e. The van der Waals surface area contributed by atoms with Crippen molar-refractivity contribution >= 4 is 22.9 Å². The molecule has 20 heavy (non-hydrogen) atoms. The minimum atomic E-state index is -0.765. The van der Waals surface area contributed by atoms with Gasteiger partial charge in [-0.2, -0.15) is 5.10 Å². The number of halogens is 1. The molecule has 4 nitrogen and oxygen atoms in total. The van der Waals surface area contributed by atoms with E-state index in [-0.39, 0.29) is 6.04 Å². The Labute approximate surface area is 127 Å². The molecular formula is C14H18ClN3OS. The molecular weight excluding hydrogens is 294 g/mol. The lowest BCUT2D eigenvalue weighted by molar-refractivity contribution is -0.0220. The lowest BCUT2D eigenvalue weighted by Gasteiger charge is -2.34. The van der Waals surface area contributed by atoms with Crippen LogP contribution in [0.5, 0.6) is 0 Å². The lowest BCUT2D eigenvalue weighted by atomic mass is 9.85. The van der Waals surface area contributed by atoms with Crippen LogP contribution in [0, 0.1) is 0 Å². The van der Waals surface area contributed by atoms with Crippen LogP contribution in [-0.2, 0) is 6.42 Å². The van der Waals surface area contributed by atoms with Gasteiger partial charge in [0.2, 0.25) is 0 Å². The zero-order chi connectivity index (χ0) is 14.0. The van der Waals surface area contributed by atoms with E-state index < -0.39 is 5.60 Å². The van der Waals surface area contributed by atoms with Crippen LogP contribution in [0.4, 0.5) is 0 Å². The Balaban J connectivity index is 1.88. The molecule has 0 spiro atoms. The molecule has 2 heterocycles. The van der Waals surface area contributed by atoms with Crippen LogP contribution in [0.25, 0.3) is 0 Å². The van der Waals surface area contributed by atoms with Crippen molar-refractivity contribution in [2.24, 2.45) is 0 Å². The van der Waals surface area contributed by atoms with Crippen molar-refractivity contribution in [2.75, 3.05) is 0 Å². The third-order valence-electron chi connectivity index (χ3n) is 4.07. The van der Waals surface area contributed by atoms with Gasteiger partial charge in [0.25, 0.3) is 0 Å². The van der Waals surface area contributed by atoms with Crippen molar-refractivity contribution < 1.29 is 5.11 Å². The molecule has 1 aliphatic carbocycles. The molecule has 0 bridgehead atoms. The van der Waals surface area contributed by atoms with Crippen LogP contribution in [-0.4, -0.2) is 25.5 Å². The van der Waals surface area contributed by atoms with Gasteiger partial charge < -0.3 is 5.11 Å². The summed E-state index contributed by atoms with van der Waals surface area (Å²) in [6.45, 7) is 0. The van der Waals surface area contributed by atoms with Gasteiger partial charge in [-0.15, -0.1) is 11.3 Å². The van der Waals surface area contributed by atoms with Crippen molar-refractivity contribution in [3.63, 3.8) is 0 Å². The van der Waals surface area contributed by atoms with Gasteiger partial charge in [-0.05, 0) is 18.9 Å². The number of aromatic nitrogens is 3. The van der Waals surface area contributed by atoms with Gasteiger partial charge in [0.1, 0.15) is 12.7 Å². The van der Waals surface area contributed by atoms with Crippen LogP contribution in [0.2, 0.25) is 5.02 Å². The zero-order valence-corrected chi connectivity index (χ0v) is 12.8. The van der Waals surface area contributed by atoms with Gasteiger partial charge in [-0.25, -0.2) is 9.67 Å². The first-order chi connectivity index (χ1) is 9.67. The van der Waals surface area contributed by atoms with Crippen molar-refractivity contribution in [3.8, 4) is 0 Å². The second-order valence-electron chi connectivity index (χ2n) is 5.50. The SMILES string of the molecule is O[C@@]1(Cc2cc(Cl)cs2)CCCCC[C@H]1n1cncn1. The summed E-state index contributed by atoms with van der Waals surface area (Å²) in [4.78, 5) is 5.16. The highest BCUT2D eigenvalue weighted by Crippen LogP contribution is 2.39. The Bertz CT molecular complexity index is 557. The minimum absolute atomic E-state index is 0.00613. The maximum absolute atomic E-state index is 11.2. The summed E-state index contributed by atoms with van der Waals surface area (Å²) in [6, 6.07) is 1.95. The van der Waals surface area contributed by atoms with Crippen LogP contribution in [0.1, 0.15) is 43.0 Å². The number of aliphatic hydroxyl groups is 1. The molecule has 0 amide bonds. The van der Waals surface area contributed by atoms with E-state index in [1.165, 1.54) is 12.7 Å². The normalized spacial score (nSPS) is 27.4. The third-order valence-corrected chi connectivity index (χ3v) is 5.35. The Morgan fingerprint density at radius 2 is 2.35 bits per heavy atom. The van der Waals surface area contributed by atoms with Gasteiger partial charge in [0.05, 0.1) is 16.7 Å². The Morgan fingerprint density at radius 1 is 1.45 bits per heavy atom. The molecule has 1 N–H and O–H groups in total. The van der Waals surface area contributed by atoms with Crippen LogP contribution in [0.3, 0.4) is 0 Å². The molecule has 6 heteroatoms. The standard InChI is InChI=1S/C14H18ClN3OS/c15-11-6-12(20-8-11)7-14(19)5-3-1-2-4-13(14)18-10-16-9-17-18/h6,8-10,13,19H,1-5,7H2/t13-,14-/m1/s1. The molecule has 1 saturated carbocycles. The number of thiophene rings is 1. The van der Waals surface area contributed by atoms with Crippen LogP contribution < -0.4 is 0 Å². The summed E-state index contributed by atoms with van der Waals surface area (Å²) in [7, 11) is 0. The van der Waals surface area contributed by atoms with Crippen molar-refractivity contribution in [1.82, 2.24) is 14.8 Å². The Kier molecular flexibility index (Phi) is 4.10. The van der Waals surface area contributed by atoms with Gasteiger partial charge in [-0.3, -0.25) is 0 Å². The van der Waals surface area contributed by atoms with E-state index in [0.717, 1.165) is 35.6 Å². The monoisotopic (exact) mass is 311 g/mol. The average molecular weight is 312 g/mol. The molecule has 0 aromatic carbocycles. The number of nitrogens with zero attached hydrogens (tertiary/aromatic N) is 3. The second kappa shape index (κ2) is 5.84. The largest absolute Gasteiger partial charge is 0.387 e. The van der Waals surface area contributed by atoms with E-state index in [2.05, 4.69) is 10.1 Å². The highest BCUT2D eigenvalue weighted by atomic mass is 35.5. The Morgan fingerprint density at radius 3 is 3.05 bits per heavy atom. The first-order valence-electron chi connectivity index (χ1n) is 6.97. The van der Waals surface area contributed by atoms with Crippen molar-refractivity contribution in [3.05, 3.63) is 34.0 Å². The highest BCUT2D eigenvalue weighted by molar-refractivity contribution is 7.10. The highest BCUT2D eigenvalue weighted by Gasteiger charge is 2.39. The molecule has 1 fully saturated rings. The fraction of sp³-hybridized carbons (Fsp3) is 0.571. The predicted molar refractivity (Wildman–Crippen MR) is 80.1 cm³/mol. The minimum Gasteiger partial charge on any atom is -0.387 e. The summed E-state index contributed by atoms with van der Waals surface area (Å²) < 4.78 is 1.82. The molecule has 3 rings (SSSR count). The summed E-state index contributed by atoms with van der Waals surface area (Å²) in [5.74, 6) is 0. The average Bonchev–Trinajstić information content (AvgIpc) is 3.02. The first-order valence-corrected chi connectivity index (χ1v) is 8.22. The fourth-order valence-electron chi connectivity index (χ4n) is 3.09. The predicted octanol–water partition coefficient (Wildman–Crippen LogP) is 3.47. The van der Waals surface area contributed by atoms with Crippen LogP contribution in [0.15, 0.2) is 24.1 Å². The van der Waals surface area contributed by atoms with Gasteiger partial charge in [0.15, 0.2) is 0 Å². The number of hydrogen-bond acceptors (Lipinski definition) is 4. The molecule has 2 aromatic heterocycles. The molecule has 0 unspecified atom stereocenters. The second-order valence-corrected chi connectivity index (χ2v) is 6.93. The molecule has 0 saturated heterocycles. The van der Waals surface area contributed by atoms with Crippen LogP contribution >= 0.6 is 22.9 Å². The fourth-order valence-corrected chi connectivity index (χ4v) is 4.28. The van der Waals surface area contributed by atoms with Gasteiger partial charge in [0, 0.05) is 16.7 Å². The molecule has 0 radical (unpaired) electrons. The maximum Gasteiger partial charge on any atom is 0.137 e. The summed E-state index contributed by atoms with van der Waals surface area (Å²) >= 11 is 7.60. The number of rotatable bonds is 3. The first kappa shape index (κ1) is 14.0. The van der Waals surface area contributed by atoms with E-state index >= 15 is 0 Å². The molecule has 2 atom stereocenters. The quantitative estimate of drug-likeness (QED) is 0.883. The summed E-state index contributed by atoms with van der Waals surface area (Å²) in [6.07, 6.45) is 8.97. The lowest BCUT2D eigenvalue weighted by Crippen LogP contribution is -2.41. The van der Waals surface area contributed by atoms with E-state index in [0.29, 0.717) is 6.42 Å². The van der Waals surface area contributed by atoms with Crippen molar-refractivity contribution in [1.29, 1.82) is 0 Å². The topological polar surface area (TPSA) is 50.9 Å². The maximum atomic E-state index is 11.2. The molecule has 2 aromatic rings. The molecule has 1 aliphatic rings. The van der Waals surface area contributed by atoms with Gasteiger partial charge in [-0.1, -0.05) is 30.9 Å². The number of hydrogen-bond donors (Lipinski definition) is 1. The molecule has 108 valence electrons. The van der Waals surface area contributed by atoms with E-state index in [1.807, 2.05) is 16.1 Å². The van der Waals surface area contributed by atoms with E-state index in [4.69, 9.17) is 11.6 Å². The molecule has 0 aliphatic heterocycles. The van der Waals surface area contributed by atoms with Gasteiger partial charge >= 0.3 is 0 Å². The Hall–Kier alpha value is -0.910. The zero-order valence-electron chi connectivity index (χ0n) is 11.2. The van der Waals surface area contributed by atoms with E-state index in [9.17, 15) is 5.11 Å². The summed E-state index contributed by atoms with van der Waals surface area (Å²) in [5.41, 5.74) is -0.765. The summed E-state index contributed by atoms with van der Waals surface area (Å²) in [5, 5.41) is 18.1. The van der Waals surface area contributed by atoms with E-state index in [1.54, 1.807) is 17.7 Å².